The molecule has 0 spiro atoms. The minimum Gasteiger partial charge on any atom is -0.409 e. The Balaban J connectivity index is 2.00. The van der Waals surface area contributed by atoms with Gasteiger partial charge in [-0.2, -0.15) is 0 Å². The van der Waals surface area contributed by atoms with E-state index in [1.54, 1.807) is 4.90 Å². The highest BCUT2D eigenvalue weighted by Crippen LogP contribution is 2.43. The van der Waals surface area contributed by atoms with Crippen LogP contribution in [0.3, 0.4) is 0 Å². The van der Waals surface area contributed by atoms with Crippen molar-refractivity contribution in [3.63, 3.8) is 0 Å². The second-order valence-corrected chi connectivity index (χ2v) is 6.97. The van der Waals surface area contributed by atoms with Crippen LogP contribution >= 0.6 is 0 Å². The van der Waals surface area contributed by atoms with Gasteiger partial charge in [-0.15, -0.1) is 0 Å². The van der Waals surface area contributed by atoms with E-state index in [1.165, 1.54) is 32.1 Å². The quantitative estimate of drug-likeness (QED) is 0.362. The van der Waals surface area contributed by atoms with Gasteiger partial charge in [-0.3, -0.25) is 4.79 Å². The van der Waals surface area contributed by atoms with Gasteiger partial charge in [0.15, 0.2) is 5.84 Å². The molecule has 2 rings (SSSR count). The van der Waals surface area contributed by atoms with Crippen LogP contribution in [0.2, 0.25) is 0 Å². The molecule has 0 aromatic heterocycles. The van der Waals surface area contributed by atoms with Gasteiger partial charge in [0, 0.05) is 12.0 Å². The molecule has 0 saturated heterocycles. The number of rotatable bonds is 4. The van der Waals surface area contributed by atoms with E-state index >= 15 is 0 Å². The molecule has 0 aromatic carbocycles. The molecule has 2 fully saturated rings. The van der Waals surface area contributed by atoms with Crippen LogP contribution in [0.5, 0.6) is 0 Å². The van der Waals surface area contributed by atoms with Gasteiger partial charge in [-0.1, -0.05) is 30.8 Å². The molecule has 21 heavy (non-hydrogen) atoms. The van der Waals surface area contributed by atoms with Crippen molar-refractivity contribution in [2.45, 2.75) is 64.8 Å². The standard InChI is InChI=1S/C16H29N3O2/c1-11(2)19(10-15(17)18-21)16(20)14-8-7-12-5-3-4-6-13(12)9-14/h11-14,21H,3-10H2,1-2H3,(H2,17,18). The molecule has 2 aliphatic carbocycles. The minimum atomic E-state index is 0.0712. The Hall–Kier alpha value is -1.26. The predicted octanol–water partition coefficient (Wildman–Crippen LogP) is 2.58. The van der Waals surface area contributed by atoms with E-state index in [2.05, 4.69) is 5.16 Å². The SMILES string of the molecule is CC(C)N(CC(N)=NO)C(=O)C1CCC2CCCCC2C1. The number of nitrogens with zero attached hydrogens (tertiary/aromatic N) is 2. The summed E-state index contributed by atoms with van der Waals surface area (Å²) >= 11 is 0. The van der Waals surface area contributed by atoms with Crippen LogP contribution in [-0.2, 0) is 4.79 Å². The van der Waals surface area contributed by atoms with Gasteiger partial charge in [-0.25, -0.2) is 0 Å². The highest BCUT2D eigenvalue weighted by molar-refractivity contribution is 5.88. The third-order valence-corrected chi connectivity index (χ3v) is 5.26. The van der Waals surface area contributed by atoms with Crippen molar-refractivity contribution >= 4 is 11.7 Å². The van der Waals surface area contributed by atoms with E-state index in [1.807, 2.05) is 13.8 Å². The lowest BCUT2D eigenvalue weighted by atomic mass is 9.67. The zero-order chi connectivity index (χ0) is 15.4. The summed E-state index contributed by atoms with van der Waals surface area (Å²) in [5.41, 5.74) is 5.59. The Labute approximate surface area is 127 Å². The van der Waals surface area contributed by atoms with Crippen molar-refractivity contribution in [3.8, 4) is 0 Å². The molecule has 0 heterocycles. The van der Waals surface area contributed by atoms with Crippen molar-refractivity contribution in [3.05, 3.63) is 0 Å². The molecule has 3 N–H and O–H groups in total. The van der Waals surface area contributed by atoms with Crippen molar-refractivity contribution in [1.29, 1.82) is 0 Å². The second kappa shape index (κ2) is 7.14. The molecule has 5 nitrogen and oxygen atoms in total. The van der Waals surface area contributed by atoms with Crippen molar-refractivity contribution in [1.82, 2.24) is 4.90 Å². The van der Waals surface area contributed by atoms with E-state index in [4.69, 9.17) is 10.9 Å². The van der Waals surface area contributed by atoms with Crippen LogP contribution in [0.25, 0.3) is 0 Å². The van der Waals surface area contributed by atoms with Gasteiger partial charge in [0.2, 0.25) is 5.91 Å². The van der Waals surface area contributed by atoms with Crippen LogP contribution in [0.4, 0.5) is 0 Å². The zero-order valence-electron chi connectivity index (χ0n) is 13.3. The van der Waals surface area contributed by atoms with E-state index in [-0.39, 0.29) is 30.2 Å². The molecule has 0 aliphatic heterocycles. The summed E-state index contributed by atoms with van der Waals surface area (Å²) in [4.78, 5) is 14.6. The largest absolute Gasteiger partial charge is 0.409 e. The summed E-state index contributed by atoms with van der Waals surface area (Å²) in [6.07, 6.45) is 8.54. The highest BCUT2D eigenvalue weighted by Gasteiger charge is 2.37. The fraction of sp³-hybridized carbons (Fsp3) is 0.875. The number of carbonyl (C=O) groups excluding carboxylic acids is 1. The van der Waals surface area contributed by atoms with Crippen LogP contribution in [0.1, 0.15) is 58.8 Å². The number of oxime groups is 1. The van der Waals surface area contributed by atoms with Crippen LogP contribution in [0.15, 0.2) is 5.16 Å². The zero-order valence-corrected chi connectivity index (χ0v) is 13.3. The second-order valence-electron chi connectivity index (χ2n) is 6.97. The molecule has 0 radical (unpaired) electrons. The first-order chi connectivity index (χ1) is 10.0. The molecule has 0 aromatic rings. The number of hydrogen-bond donors (Lipinski definition) is 2. The number of amidine groups is 1. The molecule has 3 atom stereocenters. The molecule has 2 aliphatic rings. The van der Waals surface area contributed by atoms with E-state index in [0.29, 0.717) is 0 Å². The third-order valence-electron chi connectivity index (χ3n) is 5.26. The summed E-state index contributed by atoms with van der Waals surface area (Å²) in [5.74, 6) is 1.99. The molecule has 2 saturated carbocycles. The highest BCUT2D eigenvalue weighted by atomic mass is 16.4. The molecular weight excluding hydrogens is 266 g/mol. The Morgan fingerprint density at radius 2 is 1.90 bits per heavy atom. The maximum Gasteiger partial charge on any atom is 0.226 e. The fourth-order valence-electron chi connectivity index (χ4n) is 4.05. The molecule has 120 valence electrons. The Bertz CT molecular complexity index is 395. The number of nitrogens with two attached hydrogens (primary N) is 1. The molecule has 3 unspecified atom stereocenters. The lowest BCUT2D eigenvalue weighted by Gasteiger charge is -2.40. The van der Waals surface area contributed by atoms with Gasteiger partial charge < -0.3 is 15.8 Å². The van der Waals surface area contributed by atoms with Crippen molar-refractivity contribution in [2.75, 3.05) is 6.54 Å². The number of amides is 1. The van der Waals surface area contributed by atoms with Gasteiger partial charge >= 0.3 is 0 Å². The number of hydrogen-bond acceptors (Lipinski definition) is 3. The van der Waals surface area contributed by atoms with Crippen molar-refractivity contribution < 1.29 is 10.0 Å². The maximum atomic E-state index is 12.8. The Morgan fingerprint density at radius 3 is 2.52 bits per heavy atom. The van der Waals surface area contributed by atoms with Gasteiger partial charge in [0.1, 0.15) is 0 Å². The lowest BCUT2D eigenvalue weighted by Crippen LogP contribution is -2.47. The maximum absolute atomic E-state index is 12.8. The third kappa shape index (κ3) is 3.89. The molecule has 0 bridgehead atoms. The molecule has 1 amide bonds. The molecule has 5 heteroatoms. The van der Waals surface area contributed by atoms with E-state index in [9.17, 15) is 4.79 Å². The van der Waals surface area contributed by atoms with Crippen molar-refractivity contribution in [2.24, 2.45) is 28.6 Å². The van der Waals surface area contributed by atoms with Gasteiger partial charge in [0.25, 0.3) is 0 Å². The topological polar surface area (TPSA) is 78.9 Å². The Kier molecular flexibility index (Phi) is 5.48. The predicted molar refractivity (Wildman–Crippen MR) is 83.0 cm³/mol. The minimum absolute atomic E-state index is 0.0712. The first kappa shape index (κ1) is 16.1. The first-order valence-corrected chi connectivity index (χ1v) is 8.29. The van der Waals surface area contributed by atoms with Gasteiger partial charge in [0.05, 0.1) is 6.54 Å². The normalized spacial score (nSPS) is 30.0. The summed E-state index contributed by atoms with van der Waals surface area (Å²) in [5, 5.41) is 11.7. The summed E-state index contributed by atoms with van der Waals surface area (Å²) in [6.45, 7) is 4.18. The summed E-state index contributed by atoms with van der Waals surface area (Å²) in [7, 11) is 0. The molecular formula is C16H29N3O2. The van der Waals surface area contributed by atoms with Gasteiger partial charge in [-0.05, 0) is 44.9 Å². The van der Waals surface area contributed by atoms with E-state index < -0.39 is 0 Å². The van der Waals surface area contributed by atoms with Crippen LogP contribution in [-0.4, -0.2) is 34.4 Å². The van der Waals surface area contributed by atoms with Crippen LogP contribution < -0.4 is 5.73 Å². The summed E-state index contributed by atoms with van der Waals surface area (Å²) < 4.78 is 0. The number of carbonyl (C=O) groups is 1. The number of fused-ring (bicyclic) bond motifs is 1. The monoisotopic (exact) mass is 295 g/mol. The summed E-state index contributed by atoms with van der Waals surface area (Å²) in [6, 6.07) is 0.0712. The van der Waals surface area contributed by atoms with E-state index in [0.717, 1.165) is 24.7 Å². The average Bonchev–Trinajstić information content (AvgIpc) is 2.50. The average molecular weight is 295 g/mol. The lowest BCUT2D eigenvalue weighted by molar-refractivity contribution is -0.138. The first-order valence-electron chi connectivity index (χ1n) is 8.29. The fourth-order valence-corrected chi connectivity index (χ4v) is 4.05. The Morgan fingerprint density at radius 1 is 1.24 bits per heavy atom. The smallest absolute Gasteiger partial charge is 0.226 e. The van der Waals surface area contributed by atoms with Crippen LogP contribution in [0, 0.1) is 17.8 Å².